The maximum Gasteiger partial charge on any atom is 0.166 e. The third-order valence-corrected chi connectivity index (χ3v) is 13.6. The van der Waals surface area contributed by atoms with Gasteiger partial charge in [0.2, 0.25) is 0 Å². The standard InChI is InChI=1S/C63H38N4O/c1-3-15-39(16-4-1)43-23-13-25-47(33-43)61-64-62(48-26-14-24-44(34-48)40-17-5-2-6-18-40)66-63(65-61)54-37-52-51-31-29-42-20-10-12-28-50(42)60(51)68-58(52)38-57(54)67-55-32-30-41-19-9-11-27-49(41)59(55)53-35-45-21-7-8-22-46(45)36-56(53)67/h1-38H. The zero-order chi connectivity index (χ0) is 44.7. The van der Waals surface area contributed by atoms with Gasteiger partial charge in [-0.1, -0.05) is 182 Å². The molecule has 5 nitrogen and oxygen atoms in total. The molecule has 0 radical (unpaired) electrons. The fraction of sp³-hybridized carbons (Fsp3) is 0. The number of aromatic nitrogens is 4. The lowest BCUT2D eigenvalue weighted by Gasteiger charge is -2.16. The molecule has 0 amide bonds. The van der Waals surface area contributed by atoms with Crippen LogP contribution in [0.25, 0.3) is 138 Å². The first-order valence-electron chi connectivity index (χ1n) is 23.0. The predicted molar refractivity (Wildman–Crippen MR) is 281 cm³/mol. The second-order valence-corrected chi connectivity index (χ2v) is 17.6. The van der Waals surface area contributed by atoms with Crippen LogP contribution in [0.3, 0.4) is 0 Å². The van der Waals surface area contributed by atoms with Gasteiger partial charge < -0.3 is 8.98 Å². The summed E-state index contributed by atoms with van der Waals surface area (Å²) in [7, 11) is 0. The minimum atomic E-state index is 0.559. The molecular weight excluding hydrogens is 829 g/mol. The second-order valence-electron chi connectivity index (χ2n) is 17.6. The highest BCUT2D eigenvalue weighted by Crippen LogP contribution is 2.44. The Morgan fingerprint density at radius 2 is 0.838 bits per heavy atom. The van der Waals surface area contributed by atoms with Gasteiger partial charge in [-0.2, -0.15) is 0 Å². The summed E-state index contributed by atoms with van der Waals surface area (Å²) in [4.78, 5) is 16.3. The molecule has 0 saturated heterocycles. The van der Waals surface area contributed by atoms with Gasteiger partial charge in [-0.25, -0.2) is 15.0 Å². The summed E-state index contributed by atoms with van der Waals surface area (Å²) < 4.78 is 9.39. The molecule has 0 aliphatic carbocycles. The van der Waals surface area contributed by atoms with Crippen molar-refractivity contribution < 1.29 is 4.42 Å². The first-order valence-corrected chi connectivity index (χ1v) is 23.0. The molecule has 0 aliphatic rings. The van der Waals surface area contributed by atoms with E-state index in [1.165, 1.54) is 26.9 Å². The van der Waals surface area contributed by atoms with Crippen molar-refractivity contribution >= 4 is 76.1 Å². The molecule has 0 N–H and O–H groups in total. The third kappa shape index (κ3) is 6.14. The molecular formula is C63H38N4O. The lowest BCUT2D eigenvalue weighted by Crippen LogP contribution is -2.04. The number of nitrogens with zero attached hydrogens (tertiary/aromatic N) is 4. The highest BCUT2D eigenvalue weighted by atomic mass is 16.3. The van der Waals surface area contributed by atoms with Gasteiger partial charge in [-0.05, 0) is 91.6 Å². The van der Waals surface area contributed by atoms with Crippen LogP contribution in [0, 0.1) is 0 Å². The van der Waals surface area contributed by atoms with E-state index in [2.05, 4.69) is 223 Å². The molecule has 11 aromatic carbocycles. The van der Waals surface area contributed by atoms with Crippen LogP contribution in [-0.4, -0.2) is 19.5 Å². The lowest BCUT2D eigenvalue weighted by atomic mass is 10.0. The monoisotopic (exact) mass is 866 g/mol. The van der Waals surface area contributed by atoms with Crippen LogP contribution in [-0.2, 0) is 0 Å². The van der Waals surface area contributed by atoms with E-state index < -0.39 is 0 Å². The summed E-state index contributed by atoms with van der Waals surface area (Å²) >= 11 is 0. The van der Waals surface area contributed by atoms with E-state index in [1.54, 1.807) is 0 Å². The Hall–Kier alpha value is -9.19. The van der Waals surface area contributed by atoms with Gasteiger partial charge in [-0.3, -0.25) is 0 Å². The number of rotatable bonds is 6. The molecule has 0 unspecified atom stereocenters. The van der Waals surface area contributed by atoms with Gasteiger partial charge in [0.25, 0.3) is 0 Å². The summed E-state index contributed by atoms with van der Waals surface area (Å²) in [6, 6.07) is 81.6. The van der Waals surface area contributed by atoms with Crippen molar-refractivity contribution in [3.05, 3.63) is 231 Å². The molecule has 0 bridgehead atoms. The molecule has 68 heavy (non-hydrogen) atoms. The highest BCUT2D eigenvalue weighted by Gasteiger charge is 2.24. The van der Waals surface area contributed by atoms with E-state index in [0.717, 1.165) is 93.8 Å². The van der Waals surface area contributed by atoms with Gasteiger partial charge in [0.1, 0.15) is 11.2 Å². The van der Waals surface area contributed by atoms with Crippen molar-refractivity contribution in [1.29, 1.82) is 0 Å². The number of benzene rings is 11. The summed E-state index contributed by atoms with van der Waals surface area (Å²) in [5.41, 5.74) is 11.8. The van der Waals surface area contributed by atoms with Gasteiger partial charge in [0.15, 0.2) is 17.5 Å². The molecule has 0 atom stereocenters. The average molecular weight is 867 g/mol. The maximum atomic E-state index is 6.99. The minimum Gasteiger partial charge on any atom is -0.455 e. The summed E-state index contributed by atoms with van der Waals surface area (Å²) in [6.07, 6.45) is 0. The Morgan fingerprint density at radius 1 is 0.309 bits per heavy atom. The number of fused-ring (bicyclic) bond motifs is 11. The zero-order valence-electron chi connectivity index (χ0n) is 36.6. The SMILES string of the molecule is c1ccc(-c2cccc(-c3nc(-c4cccc(-c5ccccc5)c4)nc(-c4cc5c(cc4-n4c6cc7ccccc7cc6c6c7ccccc7ccc64)oc4c6ccccc6ccc54)n3)c2)cc1. The van der Waals surface area contributed by atoms with Crippen molar-refractivity contribution in [2.75, 3.05) is 0 Å². The van der Waals surface area contributed by atoms with E-state index in [9.17, 15) is 0 Å². The Bertz CT molecular complexity index is 4220. The second kappa shape index (κ2) is 15.2. The van der Waals surface area contributed by atoms with Crippen molar-refractivity contribution in [2.24, 2.45) is 0 Å². The van der Waals surface area contributed by atoms with Gasteiger partial charge in [-0.15, -0.1) is 0 Å². The minimum absolute atomic E-state index is 0.559. The molecule has 3 heterocycles. The van der Waals surface area contributed by atoms with Gasteiger partial charge in [0.05, 0.1) is 16.7 Å². The molecule has 14 aromatic rings. The number of furan rings is 1. The molecule has 0 aliphatic heterocycles. The van der Waals surface area contributed by atoms with Crippen LogP contribution in [0.4, 0.5) is 0 Å². The highest BCUT2D eigenvalue weighted by molar-refractivity contribution is 6.24. The topological polar surface area (TPSA) is 56.7 Å². The first kappa shape index (κ1) is 38.1. The number of hydrogen-bond donors (Lipinski definition) is 0. The normalized spacial score (nSPS) is 11.8. The zero-order valence-corrected chi connectivity index (χ0v) is 36.6. The summed E-state index contributed by atoms with van der Waals surface area (Å²) in [5.74, 6) is 1.73. The Kier molecular flexibility index (Phi) is 8.52. The van der Waals surface area contributed by atoms with Crippen molar-refractivity contribution in [3.63, 3.8) is 0 Å². The van der Waals surface area contributed by atoms with Crippen molar-refractivity contribution in [2.45, 2.75) is 0 Å². The molecule has 0 spiro atoms. The summed E-state index contributed by atoms with van der Waals surface area (Å²) in [5, 5.41) is 11.3. The average Bonchev–Trinajstić information content (AvgIpc) is 3.95. The molecule has 0 fully saturated rings. The van der Waals surface area contributed by atoms with E-state index >= 15 is 0 Å². The predicted octanol–water partition coefficient (Wildman–Crippen LogP) is 16.7. The molecule has 0 saturated carbocycles. The summed E-state index contributed by atoms with van der Waals surface area (Å²) in [6.45, 7) is 0. The van der Waals surface area contributed by atoms with Crippen LogP contribution in [0.2, 0.25) is 0 Å². The Morgan fingerprint density at radius 3 is 1.51 bits per heavy atom. The van der Waals surface area contributed by atoms with E-state index in [0.29, 0.717) is 17.5 Å². The van der Waals surface area contributed by atoms with Crippen molar-refractivity contribution in [3.8, 4) is 62.1 Å². The molecule has 3 aromatic heterocycles. The quantitative estimate of drug-likeness (QED) is 0.167. The first-order chi connectivity index (χ1) is 33.7. The van der Waals surface area contributed by atoms with Gasteiger partial charge >= 0.3 is 0 Å². The fourth-order valence-corrected chi connectivity index (χ4v) is 10.3. The van der Waals surface area contributed by atoms with Crippen LogP contribution in [0.1, 0.15) is 0 Å². The molecule has 14 rings (SSSR count). The van der Waals surface area contributed by atoms with E-state index in [4.69, 9.17) is 19.4 Å². The van der Waals surface area contributed by atoms with Crippen LogP contribution in [0.5, 0.6) is 0 Å². The van der Waals surface area contributed by atoms with E-state index in [1.807, 2.05) is 12.1 Å². The fourth-order valence-electron chi connectivity index (χ4n) is 10.3. The maximum absolute atomic E-state index is 6.99. The lowest BCUT2D eigenvalue weighted by molar-refractivity contribution is 0.672. The van der Waals surface area contributed by atoms with Gasteiger partial charge in [0, 0.05) is 49.7 Å². The molecule has 316 valence electrons. The number of hydrogen-bond acceptors (Lipinski definition) is 4. The largest absolute Gasteiger partial charge is 0.455 e. The van der Waals surface area contributed by atoms with Crippen LogP contribution >= 0.6 is 0 Å². The smallest absolute Gasteiger partial charge is 0.166 e. The van der Waals surface area contributed by atoms with E-state index in [-0.39, 0.29) is 0 Å². The Balaban J connectivity index is 1.11. The molecule has 5 heteroatoms. The van der Waals surface area contributed by atoms with Crippen LogP contribution < -0.4 is 0 Å². The van der Waals surface area contributed by atoms with Crippen molar-refractivity contribution in [1.82, 2.24) is 19.5 Å². The third-order valence-electron chi connectivity index (χ3n) is 13.6. The Labute approximate surface area is 390 Å². The van der Waals surface area contributed by atoms with Crippen LogP contribution in [0.15, 0.2) is 235 Å².